The molecule has 2 N–H and O–H groups in total. The van der Waals surface area contributed by atoms with Crippen LogP contribution in [0.2, 0.25) is 0 Å². The van der Waals surface area contributed by atoms with E-state index < -0.39 is 16.1 Å². The third kappa shape index (κ3) is 4.22. The van der Waals surface area contributed by atoms with Crippen molar-refractivity contribution in [2.24, 2.45) is 5.92 Å². The summed E-state index contributed by atoms with van der Waals surface area (Å²) in [4.78, 5) is 14.5. The summed E-state index contributed by atoms with van der Waals surface area (Å²) in [7, 11) is -3.60. The van der Waals surface area contributed by atoms with Crippen LogP contribution in [0.25, 0.3) is 0 Å². The SMILES string of the molecule is C[C@@H](O)CCNS(=O)(=O)c1ccc2c(c1)CN(C(=O)C1CCC1)CC2. The maximum atomic E-state index is 12.4. The first-order valence-electron chi connectivity index (χ1n) is 8.95. The van der Waals surface area contributed by atoms with Crippen molar-refractivity contribution in [1.29, 1.82) is 0 Å². The zero-order valence-electron chi connectivity index (χ0n) is 14.6. The molecular formula is C18H26N2O4S. The van der Waals surface area contributed by atoms with Gasteiger partial charge in [-0.05, 0) is 55.9 Å². The van der Waals surface area contributed by atoms with E-state index in [0.717, 1.165) is 36.8 Å². The smallest absolute Gasteiger partial charge is 0.240 e. The van der Waals surface area contributed by atoms with E-state index in [1.165, 1.54) is 0 Å². The molecule has 1 aromatic rings. The molecule has 1 heterocycles. The van der Waals surface area contributed by atoms with Crippen LogP contribution in [0.3, 0.4) is 0 Å². The van der Waals surface area contributed by atoms with Gasteiger partial charge in [-0.2, -0.15) is 0 Å². The van der Waals surface area contributed by atoms with E-state index in [9.17, 15) is 18.3 Å². The molecule has 6 nitrogen and oxygen atoms in total. The lowest BCUT2D eigenvalue weighted by Crippen LogP contribution is -2.41. The Labute approximate surface area is 149 Å². The number of benzene rings is 1. The molecule has 0 unspecified atom stereocenters. The Morgan fingerprint density at radius 1 is 1.36 bits per heavy atom. The summed E-state index contributed by atoms with van der Waals surface area (Å²) in [6.45, 7) is 3.02. The molecule has 1 saturated carbocycles. The topological polar surface area (TPSA) is 86.7 Å². The monoisotopic (exact) mass is 366 g/mol. The van der Waals surface area contributed by atoms with Gasteiger partial charge in [0.15, 0.2) is 0 Å². The Kier molecular flexibility index (Phi) is 5.46. The molecule has 25 heavy (non-hydrogen) atoms. The Bertz CT molecular complexity index is 741. The van der Waals surface area contributed by atoms with Crippen LogP contribution >= 0.6 is 0 Å². The molecule has 0 bridgehead atoms. The van der Waals surface area contributed by atoms with Crippen molar-refractivity contribution in [1.82, 2.24) is 9.62 Å². The third-order valence-electron chi connectivity index (χ3n) is 5.12. The zero-order chi connectivity index (χ0) is 18.0. The quantitative estimate of drug-likeness (QED) is 0.797. The minimum Gasteiger partial charge on any atom is -0.393 e. The lowest BCUT2D eigenvalue weighted by atomic mass is 9.84. The summed E-state index contributed by atoms with van der Waals surface area (Å²) in [6.07, 6.45) is 3.67. The van der Waals surface area contributed by atoms with Crippen LogP contribution in [-0.2, 0) is 27.8 Å². The van der Waals surface area contributed by atoms with Gasteiger partial charge in [-0.15, -0.1) is 0 Å². The van der Waals surface area contributed by atoms with Crippen molar-refractivity contribution >= 4 is 15.9 Å². The number of carbonyl (C=O) groups excluding carboxylic acids is 1. The fourth-order valence-electron chi connectivity index (χ4n) is 3.29. The molecule has 1 aromatic carbocycles. The Hall–Kier alpha value is -1.44. The van der Waals surface area contributed by atoms with Gasteiger partial charge in [0.1, 0.15) is 0 Å². The number of nitrogens with zero attached hydrogens (tertiary/aromatic N) is 1. The second-order valence-corrected chi connectivity index (χ2v) is 8.87. The zero-order valence-corrected chi connectivity index (χ0v) is 15.4. The van der Waals surface area contributed by atoms with Gasteiger partial charge in [-0.25, -0.2) is 13.1 Å². The average Bonchev–Trinajstić information content (AvgIpc) is 2.51. The number of aliphatic hydroxyl groups excluding tert-OH is 1. The third-order valence-corrected chi connectivity index (χ3v) is 6.58. The first kappa shape index (κ1) is 18.4. The van der Waals surface area contributed by atoms with Crippen molar-refractivity contribution in [3.63, 3.8) is 0 Å². The molecule has 0 radical (unpaired) electrons. The predicted octanol–water partition coefficient (Wildman–Crippen LogP) is 1.42. The van der Waals surface area contributed by atoms with Crippen LogP contribution in [0.4, 0.5) is 0 Å². The molecule has 1 atom stereocenters. The van der Waals surface area contributed by atoms with E-state index in [1.807, 2.05) is 11.0 Å². The molecule has 138 valence electrons. The number of hydrogen-bond acceptors (Lipinski definition) is 4. The molecule has 1 aliphatic heterocycles. The van der Waals surface area contributed by atoms with Gasteiger partial charge in [-0.3, -0.25) is 4.79 Å². The van der Waals surface area contributed by atoms with Gasteiger partial charge >= 0.3 is 0 Å². The van der Waals surface area contributed by atoms with Crippen LogP contribution < -0.4 is 4.72 Å². The number of sulfonamides is 1. The molecule has 2 aliphatic rings. The van der Waals surface area contributed by atoms with Gasteiger partial charge < -0.3 is 10.0 Å². The van der Waals surface area contributed by atoms with Gasteiger partial charge in [0.05, 0.1) is 11.0 Å². The Balaban J connectivity index is 1.71. The second-order valence-electron chi connectivity index (χ2n) is 7.10. The van der Waals surface area contributed by atoms with Gasteiger partial charge in [0.2, 0.25) is 15.9 Å². The highest BCUT2D eigenvalue weighted by Gasteiger charge is 2.31. The molecule has 7 heteroatoms. The van der Waals surface area contributed by atoms with Crippen LogP contribution in [0, 0.1) is 5.92 Å². The minimum atomic E-state index is -3.60. The number of hydrogen-bond donors (Lipinski definition) is 2. The molecular weight excluding hydrogens is 340 g/mol. The highest BCUT2D eigenvalue weighted by Crippen LogP contribution is 2.31. The van der Waals surface area contributed by atoms with Crippen molar-refractivity contribution in [2.75, 3.05) is 13.1 Å². The number of amides is 1. The standard InChI is InChI=1S/C18H26N2O4S/c1-13(21)7-9-19-25(23,24)17-6-5-14-8-10-20(12-16(14)11-17)18(22)15-3-2-4-15/h5-6,11,13,15,19,21H,2-4,7-10,12H2,1H3/t13-/m1/s1. The van der Waals surface area contributed by atoms with Crippen LogP contribution in [0.5, 0.6) is 0 Å². The van der Waals surface area contributed by atoms with Gasteiger partial charge in [0, 0.05) is 25.6 Å². The average molecular weight is 366 g/mol. The van der Waals surface area contributed by atoms with E-state index in [4.69, 9.17) is 0 Å². The summed E-state index contributed by atoms with van der Waals surface area (Å²) in [5.41, 5.74) is 2.03. The van der Waals surface area contributed by atoms with Crippen molar-refractivity contribution < 1.29 is 18.3 Å². The van der Waals surface area contributed by atoms with Crippen molar-refractivity contribution in [2.45, 2.75) is 56.6 Å². The van der Waals surface area contributed by atoms with Gasteiger partial charge in [-0.1, -0.05) is 12.5 Å². The Morgan fingerprint density at radius 3 is 2.76 bits per heavy atom. The molecule has 3 rings (SSSR count). The van der Waals surface area contributed by atoms with Crippen LogP contribution in [-0.4, -0.2) is 43.5 Å². The number of carbonyl (C=O) groups is 1. The van der Waals surface area contributed by atoms with E-state index in [1.54, 1.807) is 19.1 Å². The van der Waals surface area contributed by atoms with E-state index in [-0.39, 0.29) is 23.3 Å². The van der Waals surface area contributed by atoms with Crippen molar-refractivity contribution in [3.05, 3.63) is 29.3 Å². The summed E-state index contributed by atoms with van der Waals surface area (Å²) in [6, 6.07) is 5.15. The van der Waals surface area contributed by atoms with Gasteiger partial charge in [0.25, 0.3) is 0 Å². The van der Waals surface area contributed by atoms with E-state index >= 15 is 0 Å². The molecule has 1 fully saturated rings. The molecule has 1 amide bonds. The summed E-state index contributed by atoms with van der Waals surface area (Å²) < 4.78 is 27.3. The summed E-state index contributed by atoms with van der Waals surface area (Å²) in [5.74, 6) is 0.371. The number of rotatable bonds is 6. The lowest BCUT2D eigenvalue weighted by Gasteiger charge is -2.35. The number of nitrogens with one attached hydrogen (secondary N) is 1. The minimum absolute atomic E-state index is 0.163. The molecule has 0 spiro atoms. The van der Waals surface area contributed by atoms with Crippen LogP contribution in [0.1, 0.15) is 43.7 Å². The van der Waals surface area contributed by atoms with Crippen LogP contribution in [0.15, 0.2) is 23.1 Å². The Morgan fingerprint density at radius 2 is 2.12 bits per heavy atom. The fourth-order valence-corrected chi connectivity index (χ4v) is 4.39. The van der Waals surface area contributed by atoms with Crippen molar-refractivity contribution in [3.8, 4) is 0 Å². The highest BCUT2D eigenvalue weighted by molar-refractivity contribution is 7.89. The predicted molar refractivity (Wildman–Crippen MR) is 94.4 cm³/mol. The highest BCUT2D eigenvalue weighted by atomic mass is 32.2. The summed E-state index contributed by atoms with van der Waals surface area (Å²) in [5, 5.41) is 9.26. The maximum absolute atomic E-state index is 12.4. The molecule has 1 aliphatic carbocycles. The first-order chi connectivity index (χ1) is 11.9. The fraction of sp³-hybridized carbons (Fsp3) is 0.611. The van der Waals surface area contributed by atoms with E-state index in [2.05, 4.69) is 4.72 Å². The molecule has 0 aromatic heterocycles. The number of aliphatic hydroxyl groups is 1. The second kappa shape index (κ2) is 7.43. The largest absolute Gasteiger partial charge is 0.393 e. The normalized spacial score (nSPS) is 19.2. The summed E-state index contributed by atoms with van der Waals surface area (Å²) >= 11 is 0. The molecule has 0 saturated heterocycles. The first-order valence-corrected chi connectivity index (χ1v) is 10.4. The van der Waals surface area contributed by atoms with E-state index in [0.29, 0.717) is 19.5 Å². The number of fused-ring (bicyclic) bond motifs is 1. The lowest BCUT2D eigenvalue weighted by molar-refractivity contribution is -0.139. The maximum Gasteiger partial charge on any atom is 0.240 e.